The van der Waals surface area contributed by atoms with Crippen LogP contribution in [0.15, 0.2) is 121 Å². The van der Waals surface area contributed by atoms with Crippen LogP contribution in [0.2, 0.25) is 0 Å². The quantitative estimate of drug-likeness (QED) is 0.0147. The fraction of sp³-hybridized carbons (Fsp3) is 0.143. The van der Waals surface area contributed by atoms with Gasteiger partial charge in [-0.05, 0) is 125 Å². The third-order valence-electron chi connectivity index (χ3n) is 12.4. The minimum Gasteiger partial charge on any atom is -0.493 e. The van der Waals surface area contributed by atoms with Crippen molar-refractivity contribution in [1.29, 1.82) is 10.8 Å². The second-order valence-corrected chi connectivity index (χ2v) is 16.8. The van der Waals surface area contributed by atoms with Gasteiger partial charge in [0.25, 0.3) is 0 Å². The SMILES string of the molecule is N=C(O)c1c(Oc2ccc(CCO)cc2)c(Oc2ccc(CCO)cc2)c2c3ccc(C(=O)O)c4c(C(=O)O)ccc(c5c(Oc6ccc(CCO)cc6)c(Oc6ccc(CCO)cc6)c(C(=N)O)c1c25)c43. The normalized spacial score (nSPS) is 11.4. The van der Waals surface area contributed by atoms with Gasteiger partial charge in [0.2, 0.25) is 11.8 Å². The van der Waals surface area contributed by atoms with Crippen molar-refractivity contribution in [3.05, 3.63) is 166 Å². The first-order valence-electron chi connectivity index (χ1n) is 22.7. The molecule has 0 bridgehead atoms. The molecule has 0 aliphatic carbocycles. The molecule has 0 amide bonds. The average Bonchev–Trinajstić information content (AvgIpc) is 3.36. The molecule has 16 nitrogen and oxygen atoms in total. The molecule has 0 aromatic heterocycles. The topological polar surface area (TPSA) is 281 Å². The Hall–Kier alpha value is -8.80. The number of nitrogens with one attached hydrogen (secondary N) is 2. The molecule has 9 aromatic carbocycles. The van der Waals surface area contributed by atoms with Crippen LogP contribution in [0.3, 0.4) is 0 Å². The third-order valence-corrected chi connectivity index (χ3v) is 12.4. The zero-order chi connectivity index (χ0) is 50.8. The maximum Gasteiger partial charge on any atom is 0.336 e. The van der Waals surface area contributed by atoms with Crippen molar-refractivity contribution in [2.24, 2.45) is 0 Å². The van der Waals surface area contributed by atoms with Gasteiger partial charge in [-0.2, -0.15) is 0 Å². The first-order chi connectivity index (χ1) is 34.8. The van der Waals surface area contributed by atoms with Crippen LogP contribution in [0.1, 0.15) is 54.1 Å². The van der Waals surface area contributed by atoms with Gasteiger partial charge in [-0.15, -0.1) is 0 Å². The number of aromatic carboxylic acids is 2. The van der Waals surface area contributed by atoms with Gasteiger partial charge in [-0.3, -0.25) is 10.8 Å². The summed E-state index contributed by atoms with van der Waals surface area (Å²) in [4.78, 5) is 26.3. The van der Waals surface area contributed by atoms with Crippen molar-refractivity contribution in [3.8, 4) is 46.0 Å². The summed E-state index contributed by atoms with van der Waals surface area (Å²) in [5.41, 5.74) is 1.50. The van der Waals surface area contributed by atoms with Crippen LogP contribution in [-0.2, 0) is 25.7 Å². The maximum absolute atomic E-state index is 13.2. The Labute approximate surface area is 409 Å². The third kappa shape index (κ3) is 8.98. The van der Waals surface area contributed by atoms with Gasteiger partial charge in [-0.25, -0.2) is 9.59 Å². The minimum atomic E-state index is -1.44. The van der Waals surface area contributed by atoms with Crippen LogP contribution in [0, 0.1) is 10.8 Å². The van der Waals surface area contributed by atoms with E-state index in [1.54, 1.807) is 97.1 Å². The van der Waals surface area contributed by atoms with Crippen LogP contribution in [-0.4, -0.2) is 91.0 Å². The first-order valence-corrected chi connectivity index (χ1v) is 22.7. The number of rotatable bonds is 20. The number of carbonyl (C=O) groups is 2. The molecule has 0 aliphatic rings. The lowest BCUT2D eigenvalue weighted by Crippen LogP contribution is -2.12. The number of carboxylic acids is 2. The number of hydrogen-bond donors (Lipinski definition) is 10. The molecule has 0 radical (unpaired) electrons. The molecular weight excluding hydrogens is 925 g/mol. The van der Waals surface area contributed by atoms with Crippen LogP contribution < -0.4 is 18.9 Å². The number of carboxylic acid groups (broad SMARTS) is 2. The van der Waals surface area contributed by atoms with Crippen molar-refractivity contribution < 1.29 is 69.4 Å². The first kappa shape index (κ1) is 48.2. The average molecular weight is 971 g/mol. The van der Waals surface area contributed by atoms with E-state index in [4.69, 9.17) is 29.8 Å². The predicted molar refractivity (Wildman–Crippen MR) is 270 cm³/mol. The van der Waals surface area contributed by atoms with Crippen molar-refractivity contribution >= 4 is 66.8 Å². The number of fused-ring (bicyclic) bond motifs is 2. The Morgan fingerprint density at radius 2 is 0.639 bits per heavy atom. The summed E-state index contributed by atoms with van der Waals surface area (Å²) < 4.78 is 27.1. The van der Waals surface area contributed by atoms with E-state index < -0.39 is 34.9 Å². The van der Waals surface area contributed by atoms with E-state index in [-0.39, 0.29) is 127 Å². The molecule has 72 heavy (non-hydrogen) atoms. The molecule has 0 heterocycles. The molecule has 0 unspecified atom stereocenters. The molecule has 0 spiro atoms. The Balaban J connectivity index is 1.55. The van der Waals surface area contributed by atoms with Crippen LogP contribution >= 0.6 is 0 Å². The Kier molecular flexibility index (Phi) is 13.6. The summed E-state index contributed by atoms with van der Waals surface area (Å²) in [5.74, 6) is -5.43. The summed E-state index contributed by atoms with van der Waals surface area (Å²) in [6.45, 7) is -0.527. The standard InChI is InChI=1S/C56H46N2O14/c57-53(63)47-46-45-43(49(69-33-9-1-29(2-10-33)21-25-59)51(47)71-35-13-5-31(6-14-35)23-27-61)37-17-19-39(55(65)66)42-40(56(67)68)20-18-38(41(37)42)44(45)50(70-34-11-3-30(4-12-34)22-26-60)52(48(46)54(58)64)72-36-15-7-32(8-16-36)24-28-62/h1-20,59-62H,21-28H2,(H2,57,63)(H2,58,64)(H,65,66)(H,67,68). The summed E-state index contributed by atoms with van der Waals surface area (Å²) in [5, 5.41) is 102. The highest BCUT2D eigenvalue weighted by Crippen LogP contribution is 2.59. The number of hydrogen-bond acceptors (Lipinski definition) is 12. The predicted octanol–water partition coefficient (Wildman–Crippen LogP) is 10.2. The molecule has 9 aromatic rings. The lowest BCUT2D eigenvalue weighted by molar-refractivity contribution is 0.0695. The van der Waals surface area contributed by atoms with E-state index in [0.717, 1.165) is 22.3 Å². The smallest absolute Gasteiger partial charge is 0.336 e. The molecule has 364 valence electrons. The summed E-state index contributed by atoms with van der Waals surface area (Å²) >= 11 is 0. The summed E-state index contributed by atoms with van der Waals surface area (Å²) in [6, 6.07) is 31.9. The summed E-state index contributed by atoms with van der Waals surface area (Å²) in [6.07, 6.45) is 1.30. The number of ether oxygens (including phenoxy) is 4. The van der Waals surface area contributed by atoms with Crippen LogP contribution in [0.25, 0.3) is 43.1 Å². The van der Waals surface area contributed by atoms with Gasteiger partial charge >= 0.3 is 11.9 Å². The van der Waals surface area contributed by atoms with Gasteiger partial charge in [0.05, 0.1) is 22.3 Å². The highest BCUT2D eigenvalue weighted by molar-refractivity contribution is 6.41. The second-order valence-electron chi connectivity index (χ2n) is 16.8. The van der Waals surface area contributed by atoms with E-state index in [1.807, 2.05) is 0 Å². The van der Waals surface area contributed by atoms with Crippen LogP contribution in [0.4, 0.5) is 0 Å². The highest BCUT2D eigenvalue weighted by Gasteiger charge is 2.36. The van der Waals surface area contributed by atoms with E-state index in [2.05, 4.69) is 0 Å². The Morgan fingerprint density at radius 3 is 0.903 bits per heavy atom. The number of aliphatic hydroxyl groups is 6. The molecule has 0 aliphatic heterocycles. The number of aliphatic hydroxyl groups excluding tert-OH is 6. The molecular formula is C56H46N2O14. The second kappa shape index (κ2) is 20.3. The van der Waals surface area contributed by atoms with Crippen molar-refractivity contribution in [3.63, 3.8) is 0 Å². The Bertz CT molecular complexity index is 3330. The molecule has 16 heteroatoms. The van der Waals surface area contributed by atoms with E-state index >= 15 is 0 Å². The van der Waals surface area contributed by atoms with Gasteiger partial charge < -0.3 is 59.8 Å². The number of benzene rings is 9. The highest BCUT2D eigenvalue weighted by atomic mass is 16.5. The molecule has 0 atom stereocenters. The van der Waals surface area contributed by atoms with Gasteiger partial charge in [0.15, 0.2) is 23.0 Å². The zero-order valence-electron chi connectivity index (χ0n) is 38.2. The van der Waals surface area contributed by atoms with E-state index in [0.29, 0.717) is 25.7 Å². The molecule has 0 saturated carbocycles. The summed E-state index contributed by atoms with van der Waals surface area (Å²) in [7, 11) is 0. The molecule has 0 fully saturated rings. The fourth-order valence-corrected chi connectivity index (χ4v) is 9.17. The fourth-order valence-electron chi connectivity index (χ4n) is 9.17. The van der Waals surface area contributed by atoms with E-state index in [1.165, 1.54) is 24.3 Å². The molecule has 9 rings (SSSR count). The lowest BCUT2D eigenvalue weighted by Gasteiger charge is -2.27. The van der Waals surface area contributed by atoms with Crippen molar-refractivity contribution in [1.82, 2.24) is 0 Å². The van der Waals surface area contributed by atoms with Gasteiger partial charge in [0.1, 0.15) is 23.0 Å². The van der Waals surface area contributed by atoms with Gasteiger partial charge in [0, 0.05) is 53.4 Å². The largest absolute Gasteiger partial charge is 0.493 e. The van der Waals surface area contributed by atoms with Crippen molar-refractivity contribution in [2.45, 2.75) is 25.7 Å². The van der Waals surface area contributed by atoms with Crippen LogP contribution in [0.5, 0.6) is 46.0 Å². The maximum atomic E-state index is 13.2. The van der Waals surface area contributed by atoms with E-state index in [9.17, 15) is 50.4 Å². The van der Waals surface area contributed by atoms with Crippen molar-refractivity contribution in [2.75, 3.05) is 26.4 Å². The van der Waals surface area contributed by atoms with Gasteiger partial charge in [-0.1, -0.05) is 60.7 Å². The zero-order valence-corrected chi connectivity index (χ0v) is 38.2. The minimum absolute atomic E-state index is 0.0765. The molecule has 0 saturated heterocycles. The Morgan fingerprint density at radius 1 is 0.347 bits per heavy atom. The molecule has 10 N–H and O–H groups in total. The lowest BCUT2D eigenvalue weighted by atomic mass is 9.82. The monoisotopic (exact) mass is 970 g/mol.